The zero-order valence-corrected chi connectivity index (χ0v) is 12.1. The number of benzene rings is 1. The second kappa shape index (κ2) is 7.04. The number of carbonyl (C=O) groups is 2. The van der Waals surface area contributed by atoms with Gasteiger partial charge >= 0.3 is 0 Å². The molecule has 0 aromatic heterocycles. The Balaban J connectivity index is 2.89. The molecule has 1 rings (SSSR count). The van der Waals surface area contributed by atoms with E-state index in [1.54, 1.807) is 0 Å². The van der Waals surface area contributed by atoms with Crippen LogP contribution in [0.3, 0.4) is 0 Å². The van der Waals surface area contributed by atoms with Crippen molar-refractivity contribution in [1.29, 1.82) is 0 Å². The summed E-state index contributed by atoms with van der Waals surface area (Å²) in [5.74, 6) is -1.91. The van der Waals surface area contributed by atoms with Gasteiger partial charge in [-0.3, -0.25) is 4.79 Å². The third kappa shape index (κ3) is 5.04. The summed E-state index contributed by atoms with van der Waals surface area (Å²) in [4.78, 5) is 21.4. The third-order valence-corrected chi connectivity index (χ3v) is 4.12. The van der Waals surface area contributed by atoms with Crippen LogP contribution in [0.1, 0.15) is 12.8 Å². The smallest absolute Gasteiger partial charge is 0.241 e. The van der Waals surface area contributed by atoms with Crippen LogP contribution in [0, 0.1) is 0 Å². The number of primary amides is 1. The predicted molar refractivity (Wildman–Crippen MR) is 70.5 cm³/mol. The summed E-state index contributed by atoms with van der Waals surface area (Å²) in [6.45, 7) is 0. The van der Waals surface area contributed by atoms with Gasteiger partial charge in [-0.15, -0.1) is 0 Å². The van der Waals surface area contributed by atoms with E-state index < -0.39 is 27.9 Å². The van der Waals surface area contributed by atoms with Crippen LogP contribution in [0.2, 0.25) is 0 Å². The summed E-state index contributed by atoms with van der Waals surface area (Å²) in [5.41, 5.74) is 4.90. The maximum Gasteiger partial charge on any atom is 0.241 e. The maximum absolute atomic E-state index is 12.0. The Morgan fingerprint density at radius 3 is 2.33 bits per heavy atom. The fraction of sp³-hybridized carbons (Fsp3) is 0.333. The SMILES string of the molecule is COc1ccc(S(=O)(=O)N[C@H](CCC(N)=O)C(=O)[O-])cc1. The van der Waals surface area contributed by atoms with E-state index in [1.807, 2.05) is 4.72 Å². The van der Waals surface area contributed by atoms with Crippen molar-refractivity contribution in [3.05, 3.63) is 24.3 Å². The van der Waals surface area contributed by atoms with Gasteiger partial charge in [0.15, 0.2) is 0 Å². The first-order valence-corrected chi connectivity index (χ1v) is 7.40. The number of ether oxygens (including phenoxy) is 1. The van der Waals surface area contributed by atoms with Gasteiger partial charge in [0.1, 0.15) is 5.75 Å². The standard InChI is InChI=1S/C12H16N2O6S/c1-20-8-2-4-9(5-3-8)21(18,19)14-10(12(16)17)6-7-11(13)15/h2-5,10,14H,6-7H2,1H3,(H2,13,15)(H,16,17)/p-1/t10-/m1/s1. The molecule has 1 aromatic rings. The average molecular weight is 315 g/mol. The van der Waals surface area contributed by atoms with E-state index in [0.29, 0.717) is 5.75 Å². The van der Waals surface area contributed by atoms with E-state index >= 15 is 0 Å². The summed E-state index contributed by atoms with van der Waals surface area (Å²) in [6.07, 6.45) is -0.559. The minimum atomic E-state index is -4.06. The molecular formula is C12H15N2O6S-. The highest BCUT2D eigenvalue weighted by Gasteiger charge is 2.21. The molecular weight excluding hydrogens is 300 g/mol. The van der Waals surface area contributed by atoms with Crippen LogP contribution in [0.5, 0.6) is 5.75 Å². The number of aliphatic carboxylic acids is 1. The van der Waals surface area contributed by atoms with E-state index in [-0.39, 0.29) is 17.7 Å². The minimum Gasteiger partial charge on any atom is -0.548 e. The van der Waals surface area contributed by atoms with Crippen molar-refractivity contribution < 1.29 is 27.9 Å². The van der Waals surface area contributed by atoms with Gasteiger partial charge in [0.05, 0.1) is 24.0 Å². The molecule has 8 nitrogen and oxygen atoms in total. The van der Waals surface area contributed by atoms with Crippen LogP contribution in [0.15, 0.2) is 29.2 Å². The zero-order valence-electron chi connectivity index (χ0n) is 11.2. The number of nitrogens with one attached hydrogen (secondary N) is 1. The molecule has 0 saturated heterocycles. The molecule has 0 bridgehead atoms. The molecule has 116 valence electrons. The topological polar surface area (TPSA) is 139 Å². The van der Waals surface area contributed by atoms with Gasteiger partial charge in [0.25, 0.3) is 0 Å². The molecule has 0 saturated carbocycles. The Morgan fingerprint density at radius 2 is 1.90 bits per heavy atom. The molecule has 0 fully saturated rings. The lowest BCUT2D eigenvalue weighted by molar-refractivity contribution is -0.308. The molecule has 21 heavy (non-hydrogen) atoms. The van der Waals surface area contributed by atoms with Crippen molar-refractivity contribution in [2.75, 3.05) is 7.11 Å². The quantitative estimate of drug-likeness (QED) is 0.589. The summed E-state index contributed by atoms with van der Waals surface area (Å²) < 4.78 is 30.9. The second-order valence-corrected chi connectivity index (χ2v) is 5.89. The monoisotopic (exact) mass is 315 g/mol. The Hall–Kier alpha value is -2.13. The second-order valence-electron chi connectivity index (χ2n) is 4.17. The van der Waals surface area contributed by atoms with Crippen molar-refractivity contribution in [2.24, 2.45) is 5.73 Å². The third-order valence-electron chi connectivity index (χ3n) is 2.63. The van der Waals surface area contributed by atoms with Crippen molar-refractivity contribution >= 4 is 21.9 Å². The summed E-state index contributed by atoms with van der Waals surface area (Å²) >= 11 is 0. The molecule has 1 atom stereocenters. The minimum absolute atomic E-state index is 0.131. The van der Waals surface area contributed by atoms with E-state index in [9.17, 15) is 23.1 Å². The Morgan fingerprint density at radius 1 is 1.33 bits per heavy atom. The Kier molecular flexibility index (Phi) is 5.68. The molecule has 9 heteroatoms. The van der Waals surface area contributed by atoms with E-state index in [1.165, 1.54) is 31.4 Å². The van der Waals surface area contributed by atoms with Gasteiger partial charge in [-0.2, -0.15) is 0 Å². The van der Waals surface area contributed by atoms with Gasteiger partial charge in [-0.1, -0.05) is 0 Å². The predicted octanol–water partition coefficient (Wildman–Crippen LogP) is -1.64. The molecule has 0 radical (unpaired) electrons. The number of carboxylic acid groups (broad SMARTS) is 1. The largest absolute Gasteiger partial charge is 0.548 e. The fourth-order valence-electron chi connectivity index (χ4n) is 1.52. The summed E-state index contributed by atoms with van der Waals surface area (Å²) in [7, 11) is -2.63. The van der Waals surface area contributed by atoms with Crippen LogP contribution < -0.4 is 20.3 Å². The molecule has 0 spiro atoms. The number of hydrogen-bond donors (Lipinski definition) is 2. The number of sulfonamides is 1. The number of carbonyl (C=O) groups excluding carboxylic acids is 2. The maximum atomic E-state index is 12.0. The number of methoxy groups -OCH3 is 1. The Bertz CT molecular complexity index is 611. The average Bonchev–Trinajstić information content (AvgIpc) is 2.43. The van der Waals surface area contributed by atoms with E-state index in [2.05, 4.69) is 0 Å². The van der Waals surface area contributed by atoms with Gasteiger partial charge in [0.2, 0.25) is 15.9 Å². The molecule has 1 aromatic carbocycles. The highest BCUT2D eigenvalue weighted by atomic mass is 32.2. The first-order valence-electron chi connectivity index (χ1n) is 5.92. The number of carboxylic acids is 1. The van der Waals surface area contributed by atoms with Gasteiger partial charge in [-0.05, 0) is 30.7 Å². The molecule has 0 unspecified atom stereocenters. The summed E-state index contributed by atoms with van der Waals surface area (Å²) in [6, 6.07) is 3.84. The highest BCUT2D eigenvalue weighted by molar-refractivity contribution is 7.89. The zero-order chi connectivity index (χ0) is 16.0. The van der Waals surface area contributed by atoms with Crippen molar-refractivity contribution in [3.63, 3.8) is 0 Å². The summed E-state index contributed by atoms with van der Waals surface area (Å²) in [5, 5.41) is 10.9. The molecule has 0 aliphatic carbocycles. The van der Waals surface area contributed by atoms with Crippen molar-refractivity contribution in [2.45, 2.75) is 23.8 Å². The lowest BCUT2D eigenvalue weighted by Gasteiger charge is -2.19. The van der Waals surface area contributed by atoms with E-state index in [4.69, 9.17) is 10.5 Å². The Labute approximate surface area is 122 Å². The van der Waals surface area contributed by atoms with Crippen molar-refractivity contribution in [1.82, 2.24) is 4.72 Å². The first kappa shape index (κ1) is 16.9. The fourth-order valence-corrected chi connectivity index (χ4v) is 2.74. The molecule has 1 amide bonds. The van der Waals surface area contributed by atoms with Crippen LogP contribution in [0.4, 0.5) is 0 Å². The van der Waals surface area contributed by atoms with Crippen LogP contribution >= 0.6 is 0 Å². The van der Waals surface area contributed by atoms with Gasteiger partial charge < -0.3 is 20.4 Å². The number of nitrogens with two attached hydrogens (primary N) is 1. The molecule has 0 aliphatic rings. The lowest BCUT2D eigenvalue weighted by atomic mass is 10.2. The molecule has 0 heterocycles. The highest BCUT2D eigenvalue weighted by Crippen LogP contribution is 2.16. The normalized spacial score (nSPS) is 12.6. The van der Waals surface area contributed by atoms with Crippen molar-refractivity contribution in [3.8, 4) is 5.75 Å². The van der Waals surface area contributed by atoms with Crippen LogP contribution in [0.25, 0.3) is 0 Å². The van der Waals surface area contributed by atoms with Crippen LogP contribution in [-0.2, 0) is 19.6 Å². The number of rotatable bonds is 8. The number of amides is 1. The van der Waals surface area contributed by atoms with Crippen LogP contribution in [-0.4, -0.2) is 33.4 Å². The molecule has 3 N–H and O–H groups in total. The van der Waals surface area contributed by atoms with Gasteiger partial charge in [-0.25, -0.2) is 13.1 Å². The van der Waals surface area contributed by atoms with E-state index in [0.717, 1.165) is 0 Å². The number of hydrogen-bond acceptors (Lipinski definition) is 6. The van der Waals surface area contributed by atoms with Gasteiger partial charge in [0, 0.05) is 6.42 Å². The lowest BCUT2D eigenvalue weighted by Crippen LogP contribution is -2.48. The first-order chi connectivity index (χ1) is 9.76. The molecule has 0 aliphatic heterocycles.